The largest absolute Gasteiger partial charge is 0.368 e. The van der Waals surface area contributed by atoms with E-state index in [1.54, 1.807) is 12.1 Å². The van der Waals surface area contributed by atoms with Crippen molar-refractivity contribution in [2.45, 2.75) is 43.4 Å². The van der Waals surface area contributed by atoms with Crippen LogP contribution in [0.25, 0.3) is 0 Å². The average molecular weight is 375 g/mol. The van der Waals surface area contributed by atoms with E-state index >= 15 is 0 Å². The molecule has 0 unspecified atom stereocenters. The van der Waals surface area contributed by atoms with Crippen LogP contribution < -0.4 is 10.9 Å². The Kier molecular flexibility index (Phi) is 5.95. The van der Waals surface area contributed by atoms with E-state index < -0.39 is 6.10 Å². The van der Waals surface area contributed by atoms with Crippen LogP contribution in [-0.4, -0.2) is 29.7 Å². The number of nitrogens with one attached hydrogen (secondary N) is 2. The normalized spacial score (nSPS) is 16.5. The summed E-state index contributed by atoms with van der Waals surface area (Å²) in [6, 6.07) is 7.26. The summed E-state index contributed by atoms with van der Waals surface area (Å²) in [6.07, 6.45) is 1.04. The fourth-order valence-corrected chi connectivity index (χ4v) is 3.89. The van der Waals surface area contributed by atoms with Crippen molar-refractivity contribution in [3.8, 4) is 0 Å². The minimum absolute atomic E-state index is 0.322. The van der Waals surface area contributed by atoms with Gasteiger partial charge in [-0.2, -0.15) is 0 Å². The van der Waals surface area contributed by atoms with E-state index in [0.717, 1.165) is 28.3 Å². The predicted octanol–water partition coefficient (Wildman–Crippen LogP) is 2.52. The Morgan fingerprint density at radius 2 is 2.08 bits per heavy atom. The maximum Gasteiger partial charge on any atom is 0.270 e. The molecule has 7 nitrogen and oxygen atoms in total. The number of hydrazine groups is 1. The summed E-state index contributed by atoms with van der Waals surface area (Å²) in [5, 5.41) is 3.95. The van der Waals surface area contributed by atoms with Crippen LogP contribution >= 0.6 is 11.8 Å². The fourth-order valence-electron chi connectivity index (χ4n) is 2.69. The molecule has 1 atom stereocenters. The second-order valence-corrected chi connectivity index (χ2v) is 7.05. The second kappa shape index (κ2) is 8.37. The first-order chi connectivity index (χ1) is 12.6. The van der Waals surface area contributed by atoms with Gasteiger partial charge in [0.15, 0.2) is 0 Å². The zero-order valence-corrected chi connectivity index (χ0v) is 15.5. The van der Waals surface area contributed by atoms with Gasteiger partial charge in [0.25, 0.3) is 11.8 Å². The third-order valence-electron chi connectivity index (χ3n) is 4.21. The zero-order chi connectivity index (χ0) is 18.5. The molecule has 1 saturated heterocycles. The van der Waals surface area contributed by atoms with Crippen molar-refractivity contribution in [3.63, 3.8) is 0 Å². The van der Waals surface area contributed by atoms with E-state index in [4.69, 9.17) is 9.26 Å². The van der Waals surface area contributed by atoms with Crippen molar-refractivity contribution in [2.75, 3.05) is 6.61 Å². The van der Waals surface area contributed by atoms with Crippen molar-refractivity contribution < 1.29 is 18.8 Å². The summed E-state index contributed by atoms with van der Waals surface area (Å²) in [4.78, 5) is 25.2. The number of amides is 2. The van der Waals surface area contributed by atoms with E-state index in [0.29, 0.717) is 24.3 Å². The van der Waals surface area contributed by atoms with Gasteiger partial charge in [0.2, 0.25) is 0 Å². The second-order valence-electron chi connectivity index (χ2n) is 6.03. The molecule has 0 bridgehead atoms. The highest BCUT2D eigenvalue weighted by Gasteiger charge is 2.24. The molecule has 26 heavy (non-hydrogen) atoms. The molecule has 0 radical (unpaired) electrons. The zero-order valence-electron chi connectivity index (χ0n) is 14.7. The van der Waals surface area contributed by atoms with E-state index in [1.165, 1.54) is 11.8 Å². The van der Waals surface area contributed by atoms with Crippen molar-refractivity contribution in [1.29, 1.82) is 0 Å². The molecule has 1 fully saturated rings. The van der Waals surface area contributed by atoms with Gasteiger partial charge < -0.3 is 9.26 Å². The van der Waals surface area contributed by atoms with Gasteiger partial charge in [-0.15, -0.1) is 11.8 Å². The van der Waals surface area contributed by atoms with Crippen LogP contribution in [0.15, 0.2) is 33.7 Å². The lowest BCUT2D eigenvalue weighted by Gasteiger charge is -2.13. The maximum atomic E-state index is 12.5. The minimum Gasteiger partial charge on any atom is -0.368 e. The first-order valence-electron chi connectivity index (χ1n) is 8.41. The number of nitrogens with zero attached hydrogens (tertiary/aromatic N) is 1. The molecule has 2 amide bonds. The van der Waals surface area contributed by atoms with Crippen LogP contribution in [-0.2, 0) is 15.3 Å². The number of hydrogen-bond donors (Lipinski definition) is 2. The number of aromatic nitrogens is 1. The van der Waals surface area contributed by atoms with Gasteiger partial charge in [-0.1, -0.05) is 17.3 Å². The summed E-state index contributed by atoms with van der Waals surface area (Å²) in [5.41, 5.74) is 7.28. The van der Waals surface area contributed by atoms with Gasteiger partial charge in [-0.25, -0.2) is 0 Å². The highest BCUT2D eigenvalue weighted by molar-refractivity contribution is 7.98. The third-order valence-corrected chi connectivity index (χ3v) is 5.31. The average Bonchev–Trinajstić information content (AvgIpc) is 3.29. The SMILES string of the molecule is Cc1noc(C)c1CSc1ccccc1C(=O)NNC(=O)[C@H]1CCCO1. The summed E-state index contributed by atoms with van der Waals surface area (Å²) in [6.45, 7) is 4.34. The number of carbonyl (C=O) groups is 2. The molecule has 0 spiro atoms. The first kappa shape index (κ1) is 18.5. The molecular formula is C18H21N3O4S. The topological polar surface area (TPSA) is 93.5 Å². The lowest BCUT2D eigenvalue weighted by molar-refractivity contribution is -0.130. The Hall–Kier alpha value is -2.32. The maximum absolute atomic E-state index is 12.5. The highest BCUT2D eigenvalue weighted by atomic mass is 32.2. The monoisotopic (exact) mass is 375 g/mol. The van der Waals surface area contributed by atoms with Gasteiger partial charge in [0, 0.05) is 22.8 Å². The molecule has 0 aliphatic carbocycles. The Morgan fingerprint density at radius 3 is 2.77 bits per heavy atom. The molecule has 2 aromatic rings. The molecule has 3 rings (SSSR count). The molecule has 8 heteroatoms. The van der Waals surface area contributed by atoms with Gasteiger partial charge in [0.1, 0.15) is 11.9 Å². The van der Waals surface area contributed by atoms with Crippen LogP contribution in [0.1, 0.15) is 40.2 Å². The highest BCUT2D eigenvalue weighted by Crippen LogP contribution is 2.28. The van der Waals surface area contributed by atoms with Crippen molar-refractivity contribution >= 4 is 23.6 Å². The van der Waals surface area contributed by atoms with Crippen LogP contribution in [0.2, 0.25) is 0 Å². The Bertz CT molecular complexity index is 780. The number of carbonyl (C=O) groups excluding carboxylic acids is 2. The van der Waals surface area contributed by atoms with Crippen molar-refractivity contribution in [3.05, 3.63) is 46.8 Å². The van der Waals surface area contributed by atoms with Crippen LogP contribution in [0.4, 0.5) is 0 Å². The van der Waals surface area contributed by atoms with Crippen molar-refractivity contribution in [1.82, 2.24) is 16.0 Å². The van der Waals surface area contributed by atoms with Crippen LogP contribution in [0, 0.1) is 13.8 Å². The molecule has 1 aromatic heterocycles. The number of rotatable bonds is 5. The lowest BCUT2D eigenvalue weighted by atomic mass is 10.2. The summed E-state index contributed by atoms with van der Waals surface area (Å²) < 4.78 is 10.5. The number of benzene rings is 1. The molecule has 1 aliphatic heterocycles. The molecule has 1 aromatic carbocycles. The molecule has 2 heterocycles. The standard InChI is InChI=1S/C18H21N3O4S/c1-11-14(12(2)25-21-11)10-26-16-8-4-3-6-13(16)17(22)19-20-18(23)15-7-5-9-24-15/h3-4,6,8,15H,5,7,9-10H2,1-2H3,(H,19,22)(H,20,23)/t15-/m1/s1. The Morgan fingerprint density at radius 1 is 1.27 bits per heavy atom. The number of thioether (sulfide) groups is 1. The van der Waals surface area contributed by atoms with E-state index in [-0.39, 0.29) is 11.8 Å². The number of hydrogen-bond acceptors (Lipinski definition) is 6. The van der Waals surface area contributed by atoms with Crippen LogP contribution in [0.3, 0.4) is 0 Å². The minimum atomic E-state index is -0.487. The third kappa shape index (κ3) is 4.25. The molecule has 1 aliphatic rings. The molecule has 138 valence electrons. The first-order valence-corrected chi connectivity index (χ1v) is 9.40. The molecule has 0 saturated carbocycles. The smallest absolute Gasteiger partial charge is 0.270 e. The lowest BCUT2D eigenvalue weighted by Crippen LogP contribution is -2.46. The summed E-state index contributed by atoms with van der Waals surface area (Å²) in [5.74, 6) is 0.740. The summed E-state index contributed by atoms with van der Waals surface area (Å²) in [7, 11) is 0. The quantitative estimate of drug-likeness (QED) is 0.616. The van der Waals surface area contributed by atoms with Crippen molar-refractivity contribution in [2.24, 2.45) is 0 Å². The van der Waals surface area contributed by atoms with E-state index in [9.17, 15) is 9.59 Å². The van der Waals surface area contributed by atoms with E-state index in [1.807, 2.05) is 26.0 Å². The predicted molar refractivity (Wildman–Crippen MR) is 96.6 cm³/mol. The van der Waals surface area contributed by atoms with Gasteiger partial charge in [-0.05, 0) is 38.8 Å². The van der Waals surface area contributed by atoms with Gasteiger partial charge in [0.05, 0.1) is 11.3 Å². The summed E-state index contributed by atoms with van der Waals surface area (Å²) >= 11 is 1.52. The van der Waals surface area contributed by atoms with Gasteiger partial charge in [-0.3, -0.25) is 20.4 Å². The fraction of sp³-hybridized carbons (Fsp3) is 0.389. The Balaban J connectivity index is 1.62. The Labute approximate surface area is 155 Å². The van der Waals surface area contributed by atoms with Crippen LogP contribution in [0.5, 0.6) is 0 Å². The number of ether oxygens (including phenoxy) is 1. The molecule has 2 N–H and O–H groups in total. The van der Waals surface area contributed by atoms with Gasteiger partial charge >= 0.3 is 0 Å². The van der Waals surface area contributed by atoms with E-state index in [2.05, 4.69) is 16.0 Å². The molecular weight excluding hydrogens is 354 g/mol. The number of aryl methyl sites for hydroxylation is 2.